The van der Waals surface area contributed by atoms with Gasteiger partial charge in [-0.05, 0) is 28.1 Å². The molecule has 6 heteroatoms. The summed E-state index contributed by atoms with van der Waals surface area (Å²) in [6.45, 7) is 0. The molecule has 90 valence electrons. The van der Waals surface area contributed by atoms with Crippen molar-refractivity contribution in [2.24, 2.45) is 0 Å². The first kappa shape index (κ1) is 12.3. The van der Waals surface area contributed by atoms with Crippen molar-refractivity contribution in [3.05, 3.63) is 40.6 Å². The van der Waals surface area contributed by atoms with Crippen LogP contribution in [-0.4, -0.2) is 17.0 Å². The van der Waals surface area contributed by atoms with Gasteiger partial charge >= 0.3 is 0 Å². The highest BCUT2D eigenvalue weighted by Gasteiger charge is 2.09. The van der Waals surface area contributed by atoms with E-state index >= 15 is 0 Å². The van der Waals surface area contributed by atoms with Crippen molar-refractivity contribution >= 4 is 33.3 Å². The quantitative estimate of drug-likeness (QED) is 0.912. The summed E-state index contributed by atoms with van der Waals surface area (Å²) >= 11 is 3.41. The minimum Gasteiger partial charge on any atom is -0.372 e. The largest absolute Gasteiger partial charge is 0.372 e. The lowest BCUT2D eigenvalue weighted by atomic mass is 10.2. The summed E-state index contributed by atoms with van der Waals surface area (Å²) in [5.41, 5.74) is 1.27. The third-order valence-corrected chi connectivity index (χ3v) is 3.08. The number of aromatic nitrogens is 2. The monoisotopic (exact) mass is 303 g/mol. The van der Waals surface area contributed by atoms with E-state index in [1.165, 1.54) is 6.33 Å². The highest BCUT2D eigenvalue weighted by Crippen LogP contribution is 2.29. The van der Waals surface area contributed by atoms with Crippen LogP contribution in [0.3, 0.4) is 0 Å². The van der Waals surface area contributed by atoms with E-state index < -0.39 is 0 Å². The fourth-order valence-corrected chi connectivity index (χ4v) is 1.95. The molecular weight excluding hydrogens is 294 g/mol. The van der Waals surface area contributed by atoms with Crippen LogP contribution in [0.1, 0.15) is 5.56 Å². The minimum atomic E-state index is 0.564. The molecule has 18 heavy (non-hydrogen) atoms. The number of nitrogens with zero attached hydrogens (tertiary/aromatic N) is 3. The van der Waals surface area contributed by atoms with Crippen molar-refractivity contribution in [1.29, 1.82) is 5.26 Å². The SMILES string of the molecule is CNc1ncnc(Nc2ccccc2C#N)c1Br. The van der Waals surface area contributed by atoms with E-state index in [9.17, 15) is 0 Å². The van der Waals surface area contributed by atoms with E-state index in [-0.39, 0.29) is 0 Å². The van der Waals surface area contributed by atoms with Crippen LogP contribution < -0.4 is 10.6 Å². The van der Waals surface area contributed by atoms with E-state index in [1.54, 1.807) is 13.1 Å². The summed E-state index contributed by atoms with van der Waals surface area (Å²) in [6.07, 6.45) is 1.45. The van der Waals surface area contributed by atoms with Gasteiger partial charge in [-0.25, -0.2) is 9.97 Å². The minimum absolute atomic E-state index is 0.564. The average Bonchev–Trinajstić information content (AvgIpc) is 2.42. The Bertz CT molecular complexity index is 606. The van der Waals surface area contributed by atoms with Crippen molar-refractivity contribution in [3.63, 3.8) is 0 Å². The van der Waals surface area contributed by atoms with Gasteiger partial charge in [0.05, 0.1) is 11.3 Å². The molecule has 0 bridgehead atoms. The van der Waals surface area contributed by atoms with E-state index in [0.29, 0.717) is 22.9 Å². The highest BCUT2D eigenvalue weighted by atomic mass is 79.9. The Morgan fingerprint density at radius 2 is 1.94 bits per heavy atom. The highest BCUT2D eigenvalue weighted by molar-refractivity contribution is 9.10. The fourth-order valence-electron chi connectivity index (χ4n) is 1.45. The zero-order valence-electron chi connectivity index (χ0n) is 9.61. The van der Waals surface area contributed by atoms with E-state index in [1.807, 2.05) is 18.2 Å². The van der Waals surface area contributed by atoms with Crippen LogP contribution in [0.4, 0.5) is 17.3 Å². The lowest BCUT2D eigenvalue weighted by molar-refractivity contribution is 1.14. The van der Waals surface area contributed by atoms with E-state index in [2.05, 4.69) is 42.6 Å². The number of halogens is 1. The van der Waals surface area contributed by atoms with Crippen LogP contribution in [0.15, 0.2) is 35.1 Å². The van der Waals surface area contributed by atoms with Crippen molar-refractivity contribution in [2.45, 2.75) is 0 Å². The molecule has 1 heterocycles. The standard InChI is InChI=1S/C12H10BrN5/c1-15-11-10(13)12(17-7-16-11)18-9-5-3-2-4-8(9)6-14/h2-5,7H,1H3,(H2,15,16,17,18). The number of anilines is 3. The molecule has 0 amide bonds. The van der Waals surface area contributed by atoms with Gasteiger partial charge in [0.25, 0.3) is 0 Å². The van der Waals surface area contributed by atoms with Crippen LogP contribution in [-0.2, 0) is 0 Å². The molecule has 0 radical (unpaired) electrons. The summed E-state index contributed by atoms with van der Waals surface area (Å²) < 4.78 is 0.722. The maximum absolute atomic E-state index is 9.02. The van der Waals surface area contributed by atoms with Gasteiger partial charge in [0.1, 0.15) is 28.5 Å². The van der Waals surface area contributed by atoms with Crippen molar-refractivity contribution in [2.75, 3.05) is 17.7 Å². The average molecular weight is 304 g/mol. The van der Waals surface area contributed by atoms with Gasteiger partial charge in [-0.2, -0.15) is 5.26 Å². The lowest BCUT2D eigenvalue weighted by Gasteiger charge is -2.10. The molecule has 0 atom stereocenters. The second kappa shape index (κ2) is 5.47. The molecule has 0 unspecified atom stereocenters. The summed E-state index contributed by atoms with van der Waals surface area (Å²) in [6, 6.07) is 9.37. The van der Waals surface area contributed by atoms with Gasteiger partial charge in [-0.1, -0.05) is 12.1 Å². The van der Waals surface area contributed by atoms with E-state index in [0.717, 1.165) is 4.47 Å². The van der Waals surface area contributed by atoms with Crippen molar-refractivity contribution < 1.29 is 0 Å². The summed E-state index contributed by atoms with van der Waals surface area (Å²) in [7, 11) is 1.78. The fraction of sp³-hybridized carbons (Fsp3) is 0.0833. The van der Waals surface area contributed by atoms with Gasteiger partial charge in [0.2, 0.25) is 0 Å². The smallest absolute Gasteiger partial charge is 0.150 e. The maximum Gasteiger partial charge on any atom is 0.150 e. The molecule has 0 saturated heterocycles. The van der Waals surface area contributed by atoms with Crippen molar-refractivity contribution in [3.8, 4) is 6.07 Å². The predicted octanol–water partition coefficient (Wildman–Crippen LogP) is 2.90. The van der Waals surface area contributed by atoms with E-state index in [4.69, 9.17) is 5.26 Å². The molecule has 2 rings (SSSR count). The third kappa shape index (κ3) is 2.41. The summed E-state index contributed by atoms with van der Waals surface area (Å²) in [5, 5.41) is 15.1. The Morgan fingerprint density at radius 1 is 1.22 bits per heavy atom. The Morgan fingerprint density at radius 3 is 2.67 bits per heavy atom. The summed E-state index contributed by atoms with van der Waals surface area (Å²) in [5.74, 6) is 1.29. The Labute approximate surface area is 113 Å². The van der Waals surface area contributed by atoms with Gasteiger partial charge in [0, 0.05) is 7.05 Å². The van der Waals surface area contributed by atoms with Crippen LogP contribution in [0, 0.1) is 11.3 Å². The second-order valence-electron chi connectivity index (χ2n) is 3.42. The molecule has 2 N–H and O–H groups in total. The first-order valence-electron chi connectivity index (χ1n) is 5.20. The maximum atomic E-state index is 9.02. The van der Waals surface area contributed by atoms with Crippen LogP contribution in [0.2, 0.25) is 0 Å². The van der Waals surface area contributed by atoms with Gasteiger partial charge in [-0.3, -0.25) is 0 Å². The summed E-state index contributed by atoms with van der Waals surface area (Å²) in [4.78, 5) is 8.21. The molecule has 1 aromatic heterocycles. The molecule has 0 aliphatic rings. The van der Waals surface area contributed by atoms with Crippen LogP contribution in [0.25, 0.3) is 0 Å². The molecule has 1 aromatic carbocycles. The predicted molar refractivity (Wildman–Crippen MR) is 73.7 cm³/mol. The number of hydrogen-bond donors (Lipinski definition) is 2. The molecule has 5 nitrogen and oxygen atoms in total. The van der Waals surface area contributed by atoms with Gasteiger partial charge < -0.3 is 10.6 Å². The number of para-hydroxylation sites is 1. The number of benzene rings is 1. The van der Waals surface area contributed by atoms with Crippen molar-refractivity contribution in [1.82, 2.24) is 9.97 Å². The number of nitrogens with one attached hydrogen (secondary N) is 2. The number of hydrogen-bond acceptors (Lipinski definition) is 5. The Kier molecular flexibility index (Phi) is 3.75. The zero-order valence-corrected chi connectivity index (χ0v) is 11.2. The van der Waals surface area contributed by atoms with Gasteiger partial charge in [0.15, 0.2) is 0 Å². The third-order valence-electron chi connectivity index (χ3n) is 2.33. The second-order valence-corrected chi connectivity index (χ2v) is 4.21. The molecule has 0 aliphatic heterocycles. The Balaban J connectivity index is 2.38. The molecule has 0 spiro atoms. The molecule has 2 aromatic rings. The topological polar surface area (TPSA) is 73.6 Å². The molecule has 0 aliphatic carbocycles. The molecule has 0 saturated carbocycles. The first-order chi connectivity index (χ1) is 8.76. The number of rotatable bonds is 3. The van der Waals surface area contributed by atoms with Crippen LogP contribution in [0.5, 0.6) is 0 Å². The molecule has 0 fully saturated rings. The lowest BCUT2D eigenvalue weighted by Crippen LogP contribution is -2.01. The Hall–Kier alpha value is -2.13. The number of nitriles is 1. The first-order valence-corrected chi connectivity index (χ1v) is 6.00. The van der Waals surface area contributed by atoms with Crippen LogP contribution >= 0.6 is 15.9 Å². The van der Waals surface area contributed by atoms with Gasteiger partial charge in [-0.15, -0.1) is 0 Å². The zero-order chi connectivity index (χ0) is 13.0. The normalized spacial score (nSPS) is 9.61. The molecular formula is C12H10BrN5.